The fourth-order valence-corrected chi connectivity index (χ4v) is 2.50. The topological polar surface area (TPSA) is 49.3 Å². The van der Waals surface area contributed by atoms with Crippen molar-refractivity contribution in [1.82, 2.24) is 0 Å². The van der Waals surface area contributed by atoms with Crippen molar-refractivity contribution in [3.63, 3.8) is 0 Å². The molecule has 1 aliphatic carbocycles. The lowest BCUT2D eigenvalue weighted by atomic mass is 9.78. The summed E-state index contributed by atoms with van der Waals surface area (Å²) in [5, 5.41) is 13.7. The molecular formula is C14H19NO2. The first-order chi connectivity index (χ1) is 8.13. The van der Waals surface area contributed by atoms with E-state index >= 15 is 0 Å². The first-order valence-electron chi connectivity index (χ1n) is 6.18. The predicted molar refractivity (Wildman–Crippen MR) is 68.0 cm³/mol. The third-order valence-corrected chi connectivity index (χ3v) is 3.60. The third kappa shape index (κ3) is 2.50. The molecule has 3 nitrogen and oxygen atoms in total. The van der Waals surface area contributed by atoms with Crippen LogP contribution in [0.25, 0.3) is 0 Å². The molecule has 2 N–H and O–H groups in total. The molecule has 0 aromatic heterocycles. The van der Waals surface area contributed by atoms with Crippen molar-refractivity contribution in [1.29, 1.82) is 0 Å². The maximum absolute atomic E-state index is 11.6. The molecule has 0 radical (unpaired) electrons. The van der Waals surface area contributed by atoms with Gasteiger partial charge < -0.3 is 10.4 Å². The number of carbonyl (C=O) groups excluding carboxylic acids is 1. The Labute approximate surface area is 102 Å². The number of carbonyl (C=O) groups is 1. The van der Waals surface area contributed by atoms with Crippen LogP contribution in [0.4, 0.5) is 5.69 Å². The van der Waals surface area contributed by atoms with E-state index in [1.54, 1.807) is 0 Å². The van der Waals surface area contributed by atoms with Gasteiger partial charge in [0.25, 0.3) is 0 Å². The first kappa shape index (κ1) is 12.1. The Morgan fingerprint density at radius 1 is 1.35 bits per heavy atom. The zero-order valence-corrected chi connectivity index (χ0v) is 10.1. The highest BCUT2D eigenvalue weighted by molar-refractivity contribution is 5.86. The molecule has 2 rings (SSSR count). The van der Waals surface area contributed by atoms with Crippen molar-refractivity contribution < 1.29 is 9.90 Å². The fraction of sp³-hybridized carbons (Fsp3) is 0.500. The monoisotopic (exact) mass is 233 g/mol. The van der Waals surface area contributed by atoms with Gasteiger partial charge in [0, 0.05) is 5.69 Å². The molecule has 0 bridgehead atoms. The molecule has 0 amide bonds. The number of ketones is 1. The number of Topliss-reactive ketones (excluding diaryl/α,β-unsaturated/α-hetero) is 1. The number of aliphatic hydroxyl groups is 1. The van der Waals surface area contributed by atoms with Gasteiger partial charge in [0.1, 0.15) is 5.60 Å². The van der Waals surface area contributed by atoms with E-state index in [0.717, 1.165) is 24.9 Å². The van der Waals surface area contributed by atoms with E-state index in [4.69, 9.17) is 0 Å². The van der Waals surface area contributed by atoms with E-state index in [-0.39, 0.29) is 11.8 Å². The van der Waals surface area contributed by atoms with Crippen LogP contribution in [-0.4, -0.2) is 22.5 Å². The fourth-order valence-electron chi connectivity index (χ4n) is 2.50. The zero-order valence-electron chi connectivity index (χ0n) is 10.1. The van der Waals surface area contributed by atoms with Crippen LogP contribution in [-0.2, 0) is 4.79 Å². The van der Waals surface area contributed by atoms with E-state index in [1.807, 2.05) is 30.3 Å². The standard InChI is InChI=1S/C14H19NO2/c1-11(16)14(17)10-6-5-9-13(14)15-12-7-3-2-4-8-12/h2-4,7-8,13,15,17H,5-6,9-10H2,1H3. The van der Waals surface area contributed by atoms with Crippen LogP contribution in [0.15, 0.2) is 30.3 Å². The van der Waals surface area contributed by atoms with Gasteiger partial charge in [0.15, 0.2) is 5.78 Å². The van der Waals surface area contributed by atoms with E-state index in [2.05, 4.69) is 5.32 Å². The van der Waals surface area contributed by atoms with Crippen molar-refractivity contribution in [2.24, 2.45) is 0 Å². The predicted octanol–water partition coefficient (Wildman–Crippen LogP) is 2.36. The van der Waals surface area contributed by atoms with E-state index in [0.29, 0.717) is 6.42 Å². The van der Waals surface area contributed by atoms with Gasteiger partial charge in [0.05, 0.1) is 6.04 Å². The maximum atomic E-state index is 11.6. The molecule has 1 aromatic rings. The number of nitrogens with one attached hydrogen (secondary N) is 1. The van der Waals surface area contributed by atoms with Gasteiger partial charge in [-0.2, -0.15) is 0 Å². The van der Waals surface area contributed by atoms with Gasteiger partial charge in [-0.15, -0.1) is 0 Å². The molecule has 0 saturated heterocycles. The highest BCUT2D eigenvalue weighted by Crippen LogP contribution is 2.31. The molecule has 1 saturated carbocycles. The van der Waals surface area contributed by atoms with E-state index in [9.17, 15) is 9.90 Å². The van der Waals surface area contributed by atoms with Gasteiger partial charge in [0.2, 0.25) is 0 Å². The largest absolute Gasteiger partial charge is 0.380 e. The van der Waals surface area contributed by atoms with Gasteiger partial charge >= 0.3 is 0 Å². The molecule has 92 valence electrons. The van der Waals surface area contributed by atoms with Gasteiger partial charge in [-0.25, -0.2) is 0 Å². The van der Waals surface area contributed by atoms with E-state index in [1.165, 1.54) is 6.92 Å². The third-order valence-electron chi connectivity index (χ3n) is 3.60. The van der Waals surface area contributed by atoms with Crippen LogP contribution in [0.5, 0.6) is 0 Å². The van der Waals surface area contributed by atoms with Crippen molar-refractivity contribution in [3.8, 4) is 0 Å². The Hall–Kier alpha value is -1.35. The van der Waals surface area contributed by atoms with Crippen molar-refractivity contribution in [2.45, 2.75) is 44.2 Å². The molecule has 2 atom stereocenters. The minimum Gasteiger partial charge on any atom is -0.380 e. The number of rotatable bonds is 3. The molecule has 17 heavy (non-hydrogen) atoms. The molecule has 0 heterocycles. The van der Waals surface area contributed by atoms with Crippen molar-refractivity contribution >= 4 is 11.5 Å². The molecule has 1 aliphatic rings. The lowest BCUT2D eigenvalue weighted by molar-refractivity contribution is -0.139. The molecule has 0 aliphatic heterocycles. The number of hydrogen-bond acceptors (Lipinski definition) is 3. The minimum atomic E-state index is -1.20. The minimum absolute atomic E-state index is 0.134. The van der Waals surface area contributed by atoms with Crippen LogP contribution in [0, 0.1) is 0 Å². The second kappa shape index (κ2) is 4.88. The number of para-hydroxylation sites is 1. The number of anilines is 1. The summed E-state index contributed by atoms with van der Waals surface area (Å²) in [7, 11) is 0. The van der Waals surface area contributed by atoms with Crippen LogP contribution < -0.4 is 5.32 Å². The highest BCUT2D eigenvalue weighted by atomic mass is 16.3. The second-order valence-corrected chi connectivity index (χ2v) is 4.79. The molecule has 1 aromatic carbocycles. The van der Waals surface area contributed by atoms with Crippen LogP contribution >= 0.6 is 0 Å². The van der Waals surface area contributed by atoms with Crippen LogP contribution in [0.2, 0.25) is 0 Å². The second-order valence-electron chi connectivity index (χ2n) is 4.79. The summed E-state index contributed by atoms with van der Waals surface area (Å²) in [6.07, 6.45) is 3.38. The summed E-state index contributed by atoms with van der Waals surface area (Å²) in [5.74, 6) is -0.134. The molecular weight excluding hydrogens is 214 g/mol. The molecule has 1 fully saturated rings. The quantitative estimate of drug-likeness (QED) is 0.842. The normalized spacial score (nSPS) is 28.7. The lowest BCUT2D eigenvalue weighted by Crippen LogP contribution is -2.54. The van der Waals surface area contributed by atoms with Gasteiger partial charge in [-0.3, -0.25) is 4.79 Å². The lowest BCUT2D eigenvalue weighted by Gasteiger charge is -2.38. The number of benzene rings is 1. The van der Waals surface area contributed by atoms with Gasteiger partial charge in [-0.05, 0) is 38.3 Å². The Morgan fingerprint density at radius 2 is 2.06 bits per heavy atom. The highest BCUT2D eigenvalue weighted by Gasteiger charge is 2.42. The van der Waals surface area contributed by atoms with E-state index < -0.39 is 5.60 Å². The van der Waals surface area contributed by atoms with Crippen molar-refractivity contribution in [3.05, 3.63) is 30.3 Å². The zero-order chi connectivity index (χ0) is 12.3. The SMILES string of the molecule is CC(=O)C1(O)CCCCC1Nc1ccccc1. The molecule has 2 unspecified atom stereocenters. The Balaban J connectivity index is 2.15. The van der Waals surface area contributed by atoms with Crippen molar-refractivity contribution in [2.75, 3.05) is 5.32 Å². The molecule has 3 heteroatoms. The average molecular weight is 233 g/mol. The summed E-state index contributed by atoms with van der Waals surface area (Å²) in [4.78, 5) is 11.6. The Morgan fingerprint density at radius 3 is 2.71 bits per heavy atom. The average Bonchev–Trinajstić information content (AvgIpc) is 2.33. The Bertz CT molecular complexity index is 390. The summed E-state index contributed by atoms with van der Waals surface area (Å²) in [6.45, 7) is 1.48. The number of hydrogen-bond donors (Lipinski definition) is 2. The summed E-state index contributed by atoms with van der Waals surface area (Å²) < 4.78 is 0. The Kier molecular flexibility index (Phi) is 3.48. The van der Waals surface area contributed by atoms with Crippen LogP contribution in [0.1, 0.15) is 32.6 Å². The smallest absolute Gasteiger partial charge is 0.163 e. The van der Waals surface area contributed by atoms with Gasteiger partial charge in [-0.1, -0.05) is 24.6 Å². The summed E-state index contributed by atoms with van der Waals surface area (Å²) in [6, 6.07) is 9.57. The molecule has 0 spiro atoms. The maximum Gasteiger partial charge on any atom is 0.163 e. The summed E-state index contributed by atoms with van der Waals surface area (Å²) in [5.41, 5.74) is -0.243. The van der Waals surface area contributed by atoms with Crippen LogP contribution in [0.3, 0.4) is 0 Å². The summed E-state index contributed by atoms with van der Waals surface area (Å²) >= 11 is 0. The first-order valence-corrected chi connectivity index (χ1v) is 6.18.